The summed E-state index contributed by atoms with van der Waals surface area (Å²) in [6, 6.07) is 9.88. The summed E-state index contributed by atoms with van der Waals surface area (Å²) in [6.45, 7) is 1.02. The van der Waals surface area contributed by atoms with Crippen LogP contribution < -0.4 is 5.32 Å². The molecular weight excluding hydrogens is 314 g/mol. The number of hydrogen-bond acceptors (Lipinski definition) is 3. The second-order valence-corrected chi connectivity index (χ2v) is 5.88. The fourth-order valence-electron chi connectivity index (χ4n) is 2.86. The van der Waals surface area contributed by atoms with Crippen molar-refractivity contribution in [1.29, 1.82) is 0 Å². The van der Waals surface area contributed by atoms with Gasteiger partial charge in [0.2, 0.25) is 0 Å². The van der Waals surface area contributed by atoms with Gasteiger partial charge in [-0.3, -0.25) is 4.79 Å². The number of amides is 1. The Kier molecular flexibility index (Phi) is 4.64. The smallest absolute Gasteiger partial charge is 0.256 e. The molecule has 1 fully saturated rings. The van der Waals surface area contributed by atoms with Gasteiger partial charge in [-0.2, -0.15) is 0 Å². The quantitative estimate of drug-likeness (QED) is 0.906. The van der Waals surface area contributed by atoms with E-state index < -0.39 is 5.82 Å². The summed E-state index contributed by atoms with van der Waals surface area (Å²) in [4.78, 5) is 14.0. The summed E-state index contributed by atoms with van der Waals surface area (Å²) < 4.78 is 26.7. The molecule has 0 unspecified atom stereocenters. The van der Waals surface area contributed by atoms with E-state index >= 15 is 0 Å². The monoisotopic (exact) mass is 332 g/mol. The topological polar surface area (TPSA) is 52.6 Å². The Morgan fingerprint density at radius 3 is 2.38 bits per heavy atom. The number of aromatic hydroxyl groups is 1. The molecule has 1 saturated heterocycles. The zero-order chi connectivity index (χ0) is 17.1. The number of benzene rings is 2. The minimum absolute atomic E-state index is 0.0299. The van der Waals surface area contributed by atoms with Crippen molar-refractivity contribution in [3.63, 3.8) is 0 Å². The highest BCUT2D eigenvalue weighted by Gasteiger charge is 2.25. The number of nitrogens with one attached hydrogen (secondary N) is 1. The number of piperidine rings is 1. The molecule has 6 heteroatoms. The van der Waals surface area contributed by atoms with Gasteiger partial charge >= 0.3 is 0 Å². The minimum Gasteiger partial charge on any atom is -0.508 e. The van der Waals surface area contributed by atoms with Gasteiger partial charge in [-0.05, 0) is 49.2 Å². The number of halogens is 2. The average Bonchev–Trinajstić information content (AvgIpc) is 2.57. The molecule has 0 saturated carbocycles. The first kappa shape index (κ1) is 16.2. The molecule has 1 amide bonds. The van der Waals surface area contributed by atoms with Crippen LogP contribution in [0.2, 0.25) is 0 Å². The molecule has 0 aliphatic carbocycles. The van der Waals surface area contributed by atoms with Crippen molar-refractivity contribution in [2.24, 2.45) is 0 Å². The molecule has 126 valence electrons. The summed E-state index contributed by atoms with van der Waals surface area (Å²) in [7, 11) is 0. The summed E-state index contributed by atoms with van der Waals surface area (Å²) in [5, 5.41) is 12.5. The Hall–Kier alpha value is -2.63. The molecule has 24 heavy (non-hydrogen) atoms. The van der Waals surface area contributed by atoms with Crippen molar-refractivity contribution in [3.05, 3.63) is 59.7 Å². The van der Waals surface area contributed by atoms with Crippen molar-refractivity contribution in [1.82, 2.24) is 4.90 Å². The maximum absolute atomic E-state index is 13.8. The number of carbonyl (C=O) groups excluding carboxylic acids is 1. The van der Waals surface area contributed by atoms with Crippen molar-refractivity contribution in [2.45, 2.75) is 18.9 Å². The van der Waals surface area contributed by atoms with Crippen LogP contribution in [0.3, 0.4) is 0 Å². The molecule has 3 rings (SSSR count). The SMILES string of the molecule is O=C(c1ccc(O)cc1F)N1CCC(Nc2ccc(F)cc2)CC1. The maximum Gasteiger partial charge on any atom is 0.256 e. The van der Waals surface area contributed by atoms with Gasteiger partial charge in [0, 0.05) is 30.9 Å². The number of hydrogen-bond donors (Lipinski definition) is 2. The molecule has 1 aliphatic rings. The predicted molar refractivity (Wildman–Crippen MR) is 87.0 cm³/mol. The third-order valence-corrected chi connectivity index (χ3v) is 4.18. The lowest BCUT2D eigenvalue weighted by Crippen LogP contribution is -2.42. The molecule has 1 aliphatic heterocycles. The molecule has 1 heterocycles. The van der Waals surface area contributed by atoms with Gasteiger partial charge < -0.3 is 15.3 Å². The third-order valence-electron chi connectivity index (χ3n) is 4.18. The van der Waals surface area contributed by atoms with E-state index in [2.05, 4.69) is 5.32 Å². The van der Waals surface area contributed by atoms with Gasteiger partial charge in [-0.25, -0.2) is 8.78 Å². The summed E-state index contributed by atoms with van der Waals surface area (Å²) >= 11 is 0. The normalized spacial score (nSPS) is 15.3. The summed E-state index contributed by atoms with van der Waals surface area (Å²) in [6.07, 6.45) is 1.45. The fourth-order valence-corrected chi connectivity index (χ4v) is 2.86. The lowest BCUT2D eigenvalue weighted by molar-refractivity contribution is 0.0713. The van der Waals surface area contributed by atoms with E-state index in [1.165, 1.54) is 24.3 Å². The number of phenols is 1. The highest BCUT2D eigenvalue weighted by atomic mass is 19.1. The van der Waals surface area contributed by atoms with Crippen LogP contribution in [0.5, 0.6) is 5.75 Å². The molecule has 0 atom stereocenters. The third kappa shape index (κ3) is 3.64. The van der Waals surface area contributed by atoms with Crippen LogP contribution in [0.1, 0.15) is 23.2 Å². The van der Waals surface area contributed by atoms with Gasteiger partial charge in [0.25, 0.3) is 5.91 Å². The Morgan fingerprint density at radius 2 is 1.75 bits per heavy atom. The maximum atomic E-state index is 13.8. The first-order chi connectivity index (χ1) is 11.5. The van der Waals surface area contributed by atoms with Crippen LogP contribution in [0, 0.1) is 11.6 Å². The lowest BCUT2D eigenvalue weighted by atomic mass is 10.0. The Labute approximate surface area is 138 Å². The molecule has 0 bridgehead atoms. The highest BCUT2D eigenvalue weighted by Crippen LogP contribution is 2.21. The molecule has 0 spiro atoms. The molecule has 2 N–H and O–H groups in total. The molecule has 2 aromatic rings. The molecule has 4 nitrogen and oxygen atoms in total. The van der Waals surface area contributed by atoms with Crippen molar-refractivity contribution in [3.8, 4) is 5.75 Å². The predicted octanol–water partition coefficient (Wildman–Crippen LogP) is 3.39. The second-order valence-electron chi connectivity index (χ2n) is 5.88. The summed E-state index contributed by atoms with van der Waals surface area (Å²) in [5.41, 5.74) is 0.809. The molecular formula is C18H18F2N2O2. The second kappa shape index (κ2) is 6.86. The lowest BCUT2D eigenvalue weighted by Gasteiger charge is -2.33. The number of likely N-dealkylation sites (tertiary alicyclic amines) is 1. The molecule has 0 aromatic heterocycles. The van der Waals surface area contributed by atoms with E-state index in [9.17, 15) is 18.7 Å². The van der Waals surface area contributed by atoms with Crippen LogP contribution in [0.15, 0.2) is 42.5 Å². The van der Waals surface area contributed by atoms with Gasteiger partial charge in [0.15, 0.2) is 0 Å². The van der Waals surface area contributed by atoms with Gasteiger partial charge in [-0.1, -0.05) is 0 Å². The number of rotatable bonds is 3. The number of nitrogens with zero attached hydrogens (tertiary/aromatic N) is 1. The van der Waals surface area contributed by atoms with E-state index in [0.29, 0.717) is 13.1 Å². The Bertz CT molecular complexity index is 726. The Balaban J connectivity index is 1.58. The van der Waals surface area contributed by atoms with Crippen LogP contribution in [0.4, 0.5) is 14.5 Å². The highest BCUT2D eigenvalue weighted by molar-refractivity contribution is 5.94. The van der Waals surface area contributed by atoms with E-state index in [1.54, 1.807) is 17.0 Å². The van der Waals surface area contributed by atoms with Crippen molar-refractivity contribution in [2.75, 3.05) is 18.4 Å². The van der Waals surface area contributed by atoms with E-state index in [0.717, 1.165) is 24.6 Å². The van der Waals surface area contributed by atoms with E-state index in [1.807, 2.05) is 0 Å². The van der Waals surface area contributed by atoms with Gasteiger partial charge in [0.05, 0.1) is 5.56 Å². The first-order valence-electron chi connectivity index (χ1n) is 7.83. The van der Waals surface area contributed by atoms with Gasteiger partial charge in [-0.15, -0.1) is 0 Å². The van der Waals surface area contributed by atoms with E-state index in [4.69, 9.17) is 0 Å². The minimum atomic E-state index is -0.716. The van der Waals surface area contributed by atoms with Crippen LogP contribution >= 0.6 is 0 Å². The standard InChI is InChI=1S/C18H18F2N2O2/c19-12-1-3-13(4-2-12)21-14-7-9-22(10-8-14)18(24)16-6-5-15(23)11-17(16)20/h1-6,11,14,21,23H,7-10H2. The average molecular weight is 332 g/mol. The Morgan fingerprint density at radius 1 is 1.08 bits per heavy atom. The number of anilines is 1. The molecule has 0 radical (unpaired) electrons. The fraction of sp³-hybridized carbons (Fsp3) is 0.278. The summed E-state index contributed by atoms with van der Waals surface area (Å²) in [5.74, 6) is -1.57. The van der Waals surface area contributed by atoms with Crippen LogP contribution in [-0.4, -0.2) is 35.0 Å². The van der Waals surface area contributed by atoms with Crippen LogP contribution in [0.25, 0.3) is 0 Å². The van der Waals surface area contributed by atoms with Crippen molar-refractivity contribution >= 4 is 11.6 Å². The number of carbonyl (C=O) groups is 1. The largest absolute Gasteiger partial charge is 0.508 e. The first-order valence-corrected chi connectivity index (χ1v) is 7.83. The zero-order valence-corrected chi connectivity index (χ0v) is 13.0. The van der Waals surface area contributed by atoms with Crippen LogP contribution in [-0.2, 0) is 0 Å². The zero-order valence-electron chi connectivity index (χ0n) is 13.0. The number of phenolic OH excluding ortho intramolecular Hbond substituents is 1. The molecule has 2 aromatic carbocycles. The van der Waals surface area contributed by atoms with Crippen molar-refractivity contribution < 1.29 is 18.7 Å². The van der Waals surface area contributed by atoms with E-state index in [-0.39, 0.29) is 29.1 Å². The van der Waals surface area contributed by atoms with Gasteiger partial charge in [0.1, 0.15) is 17.4 Å².